The molecule has 0 radical (unpaired) electrons. The van der Waals surface area contributed by atoms with Crippen molar-refractivity contribution in [2.24, 2.45) is 0 Å². The van der Waals surface area contributed by atoms with Gasteiger partial charge < -0.3 is 0 Å². The monoisotopic (exact) mass is 287 g/mol. The first kappa shape index (κ1) is 12.7. The van der Waals surface area contributed by atoms with Crippen LogP contribution in [0.15, 0.2) is 42.0 Å². The molecule has 0 amide bonds. The zero-order chi connectivity index (χ0) is 13.9. The van der Waals surface area contributed by atoms with Gasteiger partial charge in [0, 0.05) is 17.1 Å². The Hall–Kier alpha value is -2.34. The molecular weight excluding hydrogens is 277 g/mol. The molecule has 0 saturated carbocycles. The molecule has 20 heavy (non-hydrogen) atoms. The zero-order valence-electron chi connectivity index (χ0n) is 10.4. The Morgan fingerprint density at radius 2 is 2.10 bits per heavy atom. The SMILES string of the molecule is O=Cc1cnn(Cc2nc(-c3ccc(F)cc3)cs2)c1. The Balaban J connectivity index is 1.79. The average molecular weight is 287 g/mol. The van der Waals surface area contributed by atoms with Crippen LogP contribution in [-0.2, 0) is 6.54 Å². The molecular formula is C14H10FN3OS. The molecule has 0 aliphatic heterocycles. The fourth-order valence-electron chi connectivity index (χ4n) is 1.80. The third kappa shape index (κ3) is 2.65. The standard InChI is InChI=1S/C14H10FN3OS/c15-12-3-1-11(2-4-12)13-9-20-14(17-13)7-18-6-10(8-19)5-16-18/h1-6,8-9H,7H2. The summed E-state index contributed by atoms with van der Waals surface area (Å²) in [6.07, 6.45) is 3.95. The van der Waals surface area contributed by atoms with E-state index in [1.807, 2.05) is 5.38 Å². The van der Waals surface area contributed by atoms with E-state index in [0.717, 1.165) is 22.6 Å². The second-order valence-corrected chi connectivity index (χ2v) is 5.17. The number of aldehydes is 1. The Morgan fingerprint density at radius 1 is 1.30 bits per heavy atom. The second-order valence-electron chi connectivity index (χ2n) is 4.22. The van der Waals surface area contributed by atoms with E-state index in [9.17, 15) is 9.18 Å². The summed E-state index contributed by atoms with van der Waals surface area (Å²) in [5.41, 5.74) is 2.23. The molecule has 4 nitrogen and oxygen atoms in total. The number of hydrogen-bond acceptors (Lipinski definition) is 4. The summed E-state index contributed by atoms with van der Waals surface area (Å²) in [6, 6.07) is 6.23. The van der Waals surface area contributed by atoms with Gasteiger partial charge in [0.25, 0.3) is 0 Å². The molecule has 0 saturated heterocycles. The summed E-state index contributed by atoms with van der Waals surface area (Å²) in [5, 5.41) is 6.88. The van der Waals surface area contributed by atoms with Gasteiger partial charge in [-0.3, -0.25) is 9.48 Å². The maximum atomic E-state index is 12.9. The normalized spacial score (nSPS) is 10.7. The predicted octanol–water partition coefficient (Wildman–Crippen LogP) is 3.01. The third-order valence-electron chi connectivity index (χ3n) is 2.78. The Bertz CT molecular complexity index is 733. The van der Waals surface area contributed by atoms with Gasteiger partial charge >= 0.3 is 0 Å². The van der Waals surface area contributed by atoms with E-state index < -0.39 is 0 Å². The zero-order valence-corrected chi connectivity index (χ0v) is 11.2. The lowest BCUT2D eigenvalue weighted by Gasteiger charge is -1.97. The highest BCUT2D eigenvalue weighted by Crippen LogP contribution is 2.22. The van der Waals surface area contributed by atoms with Gasteiger partial charge in [-0.1, -0.05) is 0 Å². The molecule has 3 aromatic rings. The van der Waals surface area contributed by atoms with Crippen LogP contribution in [0.3, 0.4) is 0 Å². The average Bonchev–Trinajstić information content (AvgIpc) is 3.09. The van der Waals surface area contributed by atoms with Gasteiger partial charge in [-0.15, -0.1) is 11.3 Å². The molecule has 2 aromatic heterocycles. The van der Waals surface area contributed by atoms with Gasteiger partial charge in [-0.05, 0) is 24.3 Å². The van der Waals surface area contributed by atoms with E-state index >= 15 is 0 Å². The van der Waals surface area contributed by atoms with Crippen molar-refractivity contribution in [3.63, 3.8) is 0 Å². The topological polar surface area (TPSA) is 47.8 Å². The number of nitrogens with zero attached hydrogens (tertiary/aromatic N) is 3. The highest BCUT2D eigenvalue weighted by molar-refractivity contribution is 7.09. The molecule has 0 aliphatic rings. The lowest BCUT2D eigenvalue weighted by molar-refractivity contribution is 0.112. The maximum Gasteiger partial charge on any atom is 0.153 e. The maximum absolute atomic E-state index is 12.9. The molecule has 6 heteroatoms. The van der Waals surface area contributed by atoms with Crippen LogP contribution in [0, 0.1) is 5.82 Å². The number of rotatable bonds is 4. The fraction of sp³-hybridized carbons (Fsp3) is 0.0714. The number of hydrogen-bond donors (Lipinski definition) is 0. The van der Waals surface area contributed by atoms with Crippen molar-refractivity contribution in [1.29, 1.82) is 0 Å². The highest BCUT2D eigenvalue weighted by Gasteiger charge is 2.06. The van der Waals surface area contributed by atoms with Crippen molar-refractivity contribution in [3.05, 3.63) is 58.4 Å². The molecule has 0 spiro atoms. The minimum atomic E-state index is -0.262. The number of benzene rings is 1. The molecule has 2 heterocycles. The van der Waals surface area contributed by atoms with Crippen LogP contribution in [0.2, 0.25) is 0 Å². The lowest BCUT2D eigenvalue weighted by Crippen LogP contribution is -1.99. The van der Waals surface area contributed by atoms with Gasteiger partial charge in [0.15, 0.2) is 6.29 Å². The molecule has 0 atom stereocenters. The largest absolute Gasteiger partial charge is 0.298 e. The smallest absolute Gasteiger partial charge is 0.153 e. The lowest BCUT2D eigenvalue weighted by atomic mass is 10.2. The van der Waals surface area contributed by atoms with E-state index in [4.69, 9.17) is 0 Å². The van der Waals surface area contributed by atoms with Gasteiger partial charge in [-0.2, -0.15) is 5.10 Å². The summed E-state index contributed by atoms with van der Waals surface area (Å²) < 4.78 is 14.5. The van der Waals surface area contributed by atoms with Crippen LogP contribution in [0.4, 0.5) is 4.39 Å². The number of thiazole rings is 1. The van der Waals surface area contributed by atoms with Crippen molar-refractivity contribution in [2.75, 3.05) is 0 Å². The number of carbonyl (C=O) groups is 1. The number of carbonyl (C=O) groups excluding carboxylic acids is 1. The molecule has 1 aromatic carbocycles. The highest BCUT2D eigenvalue weighted by atomic mass is 32.1. The number of aromatic nitrogens is 3. The van der Waals surface area contributed by atoms with Crippen LogP contribution in [0.5, 0.6) is 0 Å². The number of halogens is 1. The summed E-state index contributed by atoms with van der Waals surface area (Å²) in [6.45, 7) is 0.514. The van der Waals surface area contributed by atoms with Crippen molar-refractivity contribution >= 4 is 17.6 Å². The van der Waals surface area contributed by atoms with Crippen LogP contribution in [-0.4, -0.2) is 21.1 Å². The van der Waals surface area contributed by atoms with Crippen LogP contribution < -0.4 is 0 Å². The van der Waals surface area contributed by atoms with E-state index in [2.05, 4.69) is 10.1 Å². The van der Waals surface area contributed by atoms with Crippen LogP contribution >= 0.6 is 11.3 Å². The molecule has 0 N–H and O–H groups in total. The van der Waals surface area contributed by atoms with Crippen molar-refractivity contribution in [2.45, 2.75) is 6.54 Å². The first-order valence-electron chi connectivity index (χ1n) is 5.92. The Morgan fingerprint density at radius 3 is 2.80 bits per heavy atom. The van der Waals surface area contributed by atoms with E-state index in [1.54, 1.807) is 23.0 Å². The van der Waals surface area contributed by atoms with Gasteiger partial charge in [0.2, 0.25) is 0 Å². The quantitative estimate of drug-likeness (QED) is 0.693. The first-order chi connectivity index (χ1) is 9.74. The van der Waals surface area contributed by atoms with E-state index in [1.165, 1.54) is 29.7 Å². The van der Waals surface area contributed by atoms with Crippen LogP contribution in [0.1, 0.15) is 15.4 Å². The molecule has 0 bridgehead atoms. The first-order valence-corrected chi connectivity index (χ1v) is 6.80. The van der Waals surface area contributed by atoms with Crippen LogP contribution in [0.25, 0.3) is 11.3 Å². The Kier molecular flexibility index (Phi) is 3.39. The summed E-state index contributed by atoms with van der Waals surface area (Å²) in [4.78, 5) is 15.1. The third-order valence-corrected chi connectivity index (χ3v) is 3.61. The van der Waals surface area contributed by atoms with Crippen molar-refractivity contribution in [3.8, 4) is 11.3 Å². The second kappa shape index (κ2) is 5.34. The molecule has 100 valence electrons. The minimum absolute atomic E-state index is 0.262. The van der Waals surface area contributed by atoms with Gasteiger partial charge in [-0.25, -0.2) is 9.37 Å². The summed E-state index contributed by atoms with van der Waals surface area (Å²) >= 11 is 1.51. The Labute approximate surface area is 118 Å². The fourth-order valence-corrected chi connectivity index (χ4v) is 2.60. The molecule has 3 rings (SSSR count). The van der Waals surface area contributed by atoms with Crippen molar-refractivity contribution in [1.82, 2.24) is 14.8 Å². The summed E-state index contributed by atoms with van der Waals surface area (Å²) in [5.74, 6) is -0.262. The minimum Gasteiger partial charge on any atom is -0.298 e. The van der Waals surface area contributed by atoms with Crippen molar-refractivity contribution < 1.29 is 9.18 Å². The molecule has 0 aliphatic carbocycles. The van der Waals surface area contributed by atoms with Gasteiger partial charge in [0.05, 0.1) is 24.0 Å². The van der Waals surface area contributed by atoms with E-state index in [-0.39, 0.29) is 5.82 Å². The summed E-state index contributed by atoms with van der Waals surface area (Å²) in [7, 11) is 0. The predicted molar refractivity (Wildman–Crippen MR) is 74.2 cm³/mol. The van der Waals surface area contributed by atoms with Gasteiger partial charge in [0.1, 0.15) is 10.8 Å². The molecule has 0 unspecified atom stereocenters. The van der Waals surface area contributed by atoms with E-state index in [0.29, 0.717) is 12.1 Å². The molecule has 0 fully saturated rings.